The predicted molar refractivity (Wildman–Crippen MR) is 89.7 cm³/mol. The second kappa shape index (κ2) is 8.20. The largest absolute Gasteiger partial charge is 0.412 e. The van der Waals surface area contributed by atoms with E-state index >= 15 is 0 Å². The molecule has 0 radical (unpaired) electrons. The normalized spacial score (nSPS) is 44.1. The molecule has 2 N–H and O–H groups in total. The summed E-state index contributed by atoms with van der Waals surface area (Å²) in [6, 6.07) is 0. The molecule has 3 aliphatic rings. The Morgan fingerprint density at radius 2 is 1.46 bits per heavy atom. The van der Waals surface area contributed by atoms with E-state index in [1.165, 1.54) is 25.7 Å². The maximum atomic E-state index is 14.6. The van der Waals surface area contributed by atoms with Gasteiger partial charge in [0.1, 0.15) is 12.3 Å². The van der Waals surface area contributed by atoms with Gasteiger partial charge in [0, 0.05) is 7.85 Å². The summed E-state index contributed by atoms with van der Waals surface area (Å²) in [6.45, 7) is 2.28. The van der Waals surface area contributed by atoms with Crippen molar-refractivity contribution in [3.8, 4) is 0 Å². The van der Waals surface area contributed by atoms with E-state index in [4.69, 9.17) is 0 Å². The summed E-state index contributed by atoms with van der Waals surface area (Å²) in [5.74, 6) is 1.17. The number of allylic oxidation sites excluding steroid dienone is 2. The SMILES string of the molecule is CC1CCC(C2CCC(C3CC(F)C(F)C(F)C3)=C(F)C2)CC1.O.[HH]. The molecular weight excluding hydrogens is 320 g/mol. The lowest BCUT2D eigenvalue weighted by atomic mass is 9.69. The summed E-state index contributed by atoms with van der Waals surface area (Å²) in [7, 11) is 0. The van der Waals surface area contributed by atoms with Crippen LogP contribution in [0, 0.1) is 23.7 Å². The second-order valence-electron chi connectivity index (χ2n) is 8.10. The van der Waals surface area contributed by atoms with Gasteiger partial charge in [-0.15, -0.1) is 0 Å². The van der Waals surface area contributed by atoms with Crippen LogP contribution in [0.2, 0.25) is 0 Å². The predicted octanol–water partition coefficient (Wildman–Crippen LogP) is 5.68. The van der Waals surface area contributed by atoms with E-state index in [-0.39, 0.29) is 25.6 Å². The molecule has 0 aromatic rings. The average molecular weight is 352 g/mol. The fourth-order valence-electron chi connectivity index (χ4n) is 4.94. The number of hydrogen-bond acceptors (Lipinski definition) is 0. The number of hydrogen-bond donors (Lipinski definition) is 0. The van der Waals surface area contributed by atoms with Crippen LogP contribution in [0.25, 0.3) is 0 Å². The highest BCUT2D eigenvalue weighted by atomic mass is 19.2. The van der Waals surface area contributed by atoms with Gasteiger partial charge in [0.2, 0.25) is 0 Å². The van der Waals surface area contributed by atoms with E-state index in [0.29, 0.717) is 30.3 Å². The number of alkyl halides is 3. The first-order chi connectivity index (χ1) is 11.0. The molecule has 0 heterocycles. The van der Waals surface area contributed by atoms with Gasteiger partial charge < -0.3 is 5.48 Å². The van der Waals surface area contributed by atoms with Crippen molar-refractivity contribution in [3.05, 3.63) is 11.4 Å². The highest BCUT2D eigenvalue weighted by Gasteiger charge is 2.42. The molecule has 0 spiro atoms. The molecule has 0 saturated heterocycles. The van der Waals surface area contributed by atoms with Crippen LogP contribution >= 0.6 is 0 Å². The van der Waals surface area contributed by atoms with Crippen molar-refractivity contribution in [1.29, 1.82) is 0 Å². The lowest BCUT2D eigenvalue weighted by molar-refractivity contribution is 0.0235. The zero-order valence-corrected chi connectivity index (χ0v) is 14.4. The summed E-state index contributed by atoms with van der Waals surface area (Å²) in [4.78, 5) is 0. The topological polar surface area (TPSA) is 31.5 Å². The van der Waals surface area contributed by atoms with Crippen LogP contribution in [-0.2, 0) is 0 Å². The second-order valence-corrected chi connectivity index (χ2v) is 8.10. The first kappa shape index (κ1) is 19.7. The minimum Gasteiger partial charge on any atom is -0.412 e. The first-order valence-electron chi connectivity index (χ1n) is 9.25. The van der Waals surface area contributed by atoms with Gasteiger partial charge in [-0.2, -0.15) is 0 Å². The van der Waals surface area contributed by atoms with Crippen molar-refractivity contribution in [1.82, 2.24) is 0 Å². The van der Waals surface area contributed by atoms with Crippen LogP contribution in [0.1, 0.15) is 66.1 Å². The van der Waals surface area contributed by atoms with Crippen molar-refractivity contribution in [2.75, 3.05) is 0 Å². The van der Waals surface area contributed by atoms with Gasteiger partial charge in [-0.05, 0) is 67.8 Å². The molecule has 5 heteroatoms. The Kier molecular flexibility index (Phi) is 6.74. The van der Waals surface area contributed by atoms with Crippen molar-refractivity contribution < 1.29 is 24.5 Å². The fraction of sp³-hybridized carbons (Fsp3) is 0.895. The highest BCUT2D eigenvalue weighted by molar-refractivity contribution is 5.18. The van der Waals surface area contributed by atoms with Crippen molar-refractivity contribution in [2.24, 2.45) is 23.7 Å². The van der Waals surface area contributed by atoms with Crippen LogP contribution < -0.4 is 0 Å². The molecule has 0 aromatic carbocycles. The Morgan fingerprint density at radius 1 is 0.875 bits per heavy atom. The maximum Gasteiger partial charge on any atom is 0.162 e. The Bertz CT molecular complexity index is 439. The lowest BCUT2D eigenvalue weighted by Gasteiger charge is -2.38. The average Bonchev–Trinajstić information content (AvgIpc) is 2.53. The minimum absolute atomic E-state index is 0. The third kappa shape index (κ3) is 4.14. The molecule has 2 fully saturated rings. The van der Waals surface area contributed by atoms with Gasteiger partial charge in [-0.1, -0.05) is 19.8 Å². The van der Waals surface area contributed by atoms with Gasteiger partial charge in [0.25, 0.3) is 0 Å². The molecule has 3 unspecified atom stereocenters. The quantitative estimate of drug-likeness (QED) is 0.573. The van der Waals surface area contributed by atoms with Gasteiger partial charge in [0.05, 0.1) is 5.83 Å². The minimum atomic E-state index is -2.03. The molecule has 0 bridgehead atoms. The molecule has 24 heavy (non-hydrogen) atoms. The molecule has 142 valence electrons. The zero-order chi connectivity index (χ0) is 16.6. The smallest absolute Gasteiger partial charge is 0.162 e. The molecule has 0 amide bonds. The Labute approximate surface area is 143 Å². The Morgan fingerprint density at radius 3 is 2.00 bits per heavy atom. The molecule has 0 aromatic heterocycles. The van der Waals surface area contributed by atoms with Crippen LogP contribution in [-0.4, -0.2) is 24.0 Å². The van der Waals surface area contributed by atoms with E-state index in [0.717, 1.165) is 12.3 Å². The molecule has 3 atom stereocenters. The third-order valence-electron chi connectivity index (χ3n) is 6.50. The maximum absolute atomic E-state index is 14.6. The lowest BCUT2D eigenvalue weighted by Crippen LogP contribution is -2.38. The number of rotatable bonds is 2. The zero-order valence-electron chi connectivity index (χ0n) is 14.4. The summed E-state index contributed by atoms with van der Waals surface area (Å²) in [6.07, 6.45) is 1.04. The van der Waals surface area contributed by atoms with E-state index in [1.54, 1.807) is 0 Å². The van der Waals surface area contributed by atoms with E-state index in [1.807, 2.05) is 0 Å². The third-order valence-corrected chi connectivity index (χ3v) is 6.50. The molecule has 0 aliphatic heterocycles. The summed E-state index contributed by atoms with van der Waals surface area (Å²) in [5, 5.41) is 0. The van der Waals surface area contributed by atoms with Crippen molar-refractivity contribution in [3.63, 3.8) is 0 Å². The molecule has 3 rings (SSSR count). The molecule has 3 aliphatic carbocycles. The van der Waals surface area contributed by atoms with Crippen molar-refractivity contribution >= 4 is 0 Å². The monoisotopic (exact) mass is 352 g/mol. The van der Waals surface area contributed by atoms with Gasteiger partial charge in [-0.3, -0.25) is 0 Å². The van der Waals surface area contributed by atoms with E-state index in [2.05, 4.69) is 6.92 Å². The standard InChI is InChI=1S/C19H28F4.H2O.H2/c1-11-2-4-12(5-3-11)13-6-7-15(16(20)8-13)14-9-17(21)19(23)18(22)10-14;;/h11-14,17-19H,2-10H2,1H3;1H2;1H. The van der Waals surface area contributed by atoms with Crippen LogP contribution in [0.4, 0.5) is 17.6 Å². The fourth-order valence-corrected chi connectivity index (χ4v) is 4.94. The molecule has 2 saturated carbocycles. The highest BCUT2D eigenvalue weighted by Crippen LogP contribution is 2.46. The Hall–Kier alpha value is -0.580. The van der Waals surface area contributed by atoms with Gasteiger partial charge in [0.15, 0.2) is 6.17 Å². The summed E-state index contributed by atoms with van der Waals surface area (Å²) >= 11 is 0. The Balaban J connectivity index is 0.00000156. The van der Waals surface area contributed by atoms with Crippen LogP contribution in [0.3, 0.4) is 0 Å². The van der Waals surface area contributed by atoms with E-state index in [9.17, 15) is 17.6 Å². The molecular formula is C19H32F4O. The van der Waals surface area contributed by atoms with E-state index < -0.39 is 24.4 Å². The molecule has 1 nitrogen and oxygen atoms in total. The van der Waals surface area contributed by atoms with Gasteiger partial charge >= 0.3 is 0 Å². The summed E-state index contributed by atoms with van der Waals surface area (Å²) < 4.78 is 55.1. The summed E-state index contributed by atoms with van der Waals surface area (Å²) in [5.41, 5.74) is 0.586. The first-order valence-corrected chi connectivity index (χ1v) is 9.25. The van der Waals surface area contributed by atoms with Crippen molar-refractivity contribution in [2.45, 2.75) is 83.2 Å². The van der Waals surface area contributed by atoms with Gasteiger partial charge in [-0.25, -0.2) is 17.6 Å². The number of halogens is 4. The van der Waals surface area contributed by atoms with Crippen LogP contribution in [0.15, 0.2) is 11.4 Å². The van der Waals surface area contributed by atoms with Crippen LogP contribution in [0.5, 0.6) is 0 Å².